The van der Waals surface area contributed by atoms with E-state index < -0.39 is 0 Å². The second-order valence-corrected chi connectivity index (χ2v) is 14.8. The van der Waals surface area contributed by atoms with Crippen LogP contribution in [0.4, 0.5) is 0 Å². The van der Waals surface area contributed by atoms with Crippen LogP contribution in [0.5, 0.6) is 0 Å². The molecule has 5 nitrogen and oxygen atoms in total. The van der Waals surface area contributed by atoms with Crippen molar-refractivity contribution < 1.29 is 0 Å². The van der Waals surface area contributed by atoms with Gasteiger partial charge >= 0.3 is 0 Å². The maximum atomic E-state index is 5.09. The maximum absolute atomic E-state index is 5.09. The van der Waals surface area contributed by atoms with E-state index in [9.17, 15) is 0 Å². The zero-order valence-corrected chi connectivity index (χ0v) is 31.3. The molecule has 0 spiro atoms. The van der Waals surface area contributed by atoms with E-state index in [1.807, 2.05) is 60.7 Å². The topological polar surface area (TPSA) is 48.5 Å². The van der Waals surface area contributed by atoms with Crippen LogP contribution in [-0.2, 0) is 0 Å². The molecule has 0 bridgehead atoms. The molecule has 9 aromatic carbocycles. The number of aromatic nitrogens is 5. The fraction of sp³-hybridized carbons (Fsp3) is 0. The van der Waals surface area contributed by atoms with Crippen LogP contribution in [-0.4, -0.2) is 24.1 Å². The number of nitrogens with zero attached hydrogens (tertiary/aromatic N) is 5. The molecular weight excluding hydrogens is 707 g/mol. The smallest absolute Gasteiger partial charge is 0.164 e. The average molecular weight is 740 g/mol. The molecule has 0 aliphatic rings. The molecule has 0 aliphatic carbocycles. The summed E-state index contributed by atoms with van der Waals surface area (Å²) in [5.41, 5.74) is 9.77. The van der Waals surface area contributed by atoms with E-state index in [0.717, 1.165) is 44.2 Å². The van der Waals surface area contributed by atoms with Crippen LogP contribution < -0.4 is 0 Å². The minimum absolute atomic E-state index is 0.631. The van der Waals surface area contributed by atoms with E-state index in [1.54, 1.807) is 0 Å². The summed E-state index contributed by atoms with van der Waals surface area (Å²) < 4.78 is 4.95. The van der Waals surface area contributed by atoms with Crippen LogP contribution in [0.1, 0.15) is 0 Å². The monoisotopic (exact) mass is 739 g/mol. The third-order valence-corrected chi connectivity index (χ3v) is 11.5. The molecule has 12 aromatic rings. The Kier molecular flexibility index (Phi) is 7.16. The zero-order valence-electron chi connectivity index (χ0n) is 31.3. The Morgan fingerprint density at radius 2 is 0.793 bits per heavy atom. The van der Waals surface area contributed by atoms with Gasteiger partial charge in [0.15, 0.2) is 17.5 Å². The summed E-state index contributed by atoms with van der Waals surface area (Å²) in [5.74, 6) is 1.92. The van der Waals surface area contributed by atoms with E-state index in [2.05, 4.69) is 149 Å². The molecule has 0 amide bonds. The van der Waals surface area contributed by atoms with Gasteiger partial charge in [0.25, 0.3) is 0 Å². The molecule has 5 heteroatoms. The minimum Gasteiger partial charge on any atom is -0.309 e. The number of para-hydroxylation sites is 3. The van der Waals surface area contributed by atoms with Gasteiger partial charge in [0.05, 0.1) is 33.4 Å². The Balaban J connectivity index is 1.16. The lowest BCUT2D eigenvalue weighted by Gasteiger charge is -2.16. The predicted molar refractivity (Wildman–Crippen MR) is 240 cm³/mol. The summed E-state index contributed by atoms with van der Waals surface area (Å²) >= 11 is 0. The summed E-state index contributed by atoms with van der Waals surface area (Å²) in [6.45, 7) is 0. The van der Waals surface area contributed by atoms with Gasteiger partial charge in [-0.15, -0.1) is 0 Å². The quantitative estimate of drug-likeness (QED) is 0.177. The fourth-order valence-electron chi connectivity index (χ4n) is 8.95. The number of fused-ring (bicyclic) bond motifs is 8. The molecule has 0 saturated carbocycles. The van der Waals surface area contributed by atoms with E-state index in [-0.39, 0.29) is 0 Å². The van der Waals surface area contributed by atoms with Crippen molar-refractivity contribution >= 4 is 65.2 Å². The first kappa shape index (κ1) is 32.4. The first-order valence-electron chi connectivity index (χ1n) is 19.6. The lowest BCUT2D eigenvalue weighted by molar-refractivity contribution is 1.07. The average Bonchev–Trinajstić information content (AvgIpc) is 3.81. The van der Waals surface area contributed by atoms with Crippen LogP contribution in [0, 0.1) is 0 Å². The number of benzene rings is 9. The van der Waals surface area contributed by atoms with Crippen LogP contribution in [0.2, 0.25) is 0 Å². The van der Waals surface area contributed by atoms with Crippen molar-refractivity contribution in [2.24, 2.45) is 0 Å². The van der Waals surface area contributed by atoms with E-state index in [4.69, 9.17) is 15.0 Å². The minimum atomic E-state index is 0.631. The summed E-state index contributed by atoms with van der Waals surface area (Å²) in [6, 6.07) is 71.0. The maximum Gasteiger partial charge on any atom is 0.164 e. The van der Waals surface area contributed by atoms with Crippen molar-refractivity contribution in [3.8, 4) is 45.5 Å². The van der Waals surface area contributed by atoms with Gasteiger partial charge < -0.3 is 9.13 Å². The van der Waals surface area contributed by atoms with E-state index >= 15 is 0 Å². The molecule has 0 aliphatic heterocycles. The molecule has 3 heterocycles. The van der Waals surface area contributed by atoms with Crippen molar-refractivity contribution in [1.82, 2.24) is 24.1 Å². The van der Waals surface area contributed by atoms with Crippen molar-refractivity contribution in [3.63, 3.8) is 0 Å². The van der Waals surface area contributed by atoms with Crippen molar-refractivity contribution in [2.75, 3.05) is 0 Å². The van der Waals surface area contributed by atoms with Gasteiger partial charge in [-0.3, -0.25) is 0 Å². The summed E-state index contributed by atoms with van der Waals surface area (Å²) in [4.78, 5) is 15.1. The molecule has 12 rings (SSSR count). The van der Waals surface area contributed by atoms with Crippen LogP contribution in [0.25, 0.3) is 111 Å². The molecule has 0 saturated heterocycles. The second-order valence-electron chi connectivity index (χ2n) is 14.8. The van der Waals surface area contributed by atoms with Gasteiger partial charge in [-0.2, -0.15) is 0 Å². The highest BCUT2D eigenvalue weighted by Gasteiger charge is 2.23. The lowest BCUT2D eigenvalue weighted by Crippen LogP contribution is -2.01. The standard InChI is InChI=1S/C53H33N5/c1-3-16-35(17-4-1)51-54-52(36-18-5-2-6-19-36)56-53(55-51)38-31-30-34-21-15-29-47(43(34)32-38)57-46-28-14-11-25-42(46)49-48(57)33-37-20-7-8-22-39(37)50(49)58-44-26-12-9-23-40(44)41-24-10-13-27-45(41)58/h1-33H. The SMILES string of the molecule is c1ccc(-c2nc(-c3ccccc3)nc(-c3ccc4cccc(-n5c6ccccc6c6c(-n7c8ccccc8c8ccccc87)c7ccccc7cc65)c4c3)n2)cc1. The van der Waals surface area contributed by atoms with Gasteiger partial charge in [-0.05, 0) is 47.2 Å². The van der Waals surface area contributed by atoms with Crippen molar-refractivity contribution in [1.29, 1.82) is 0 Å². The molecular formula is C53H33N5. The zero-order chi connectivity index (χ0) is 38.2. The van der Waals surface area contributed by atoms with Gasteiger partial charge in [0.2, 0.25) is 0 Å². The summed E-state index contributed by atoms with van der Waals surface area (Å²) in [5, 5.41) is 9.54. The van der Waals surface area contributed by atoms with Gasteiger partial charge in [-0.1, -0.05) is 164 Å². The number of hydrogen-bond donors (Lipinski definition) is 0. The first-order chi connectivity index (χ1) is 28.8. The van der Waals surface area contributed by atoms with Crippen molar-refractivity contribution in [3.05, 3.63) is 200 Å². The van der Waals surface area contributed by atoms with Gasteiger partial charge in [-0.25, -0.2) is 15.0 Å². The van der Waals surface area contributed by atoms with Gasteiger partial charge in [0, 0.05) is 49.0 Å². The van der Waals surface area contributed by atoms with Gasteiger partial charge in [0.1, 0.15) is 0 Å². The number of hydrogen-bond acceptors (Lipinski definition) is 3. The Bertz CT molecular complexity index is 3450. The highest BCUT2D eigenvalue weighted by Crippen LogP contribution is 2.44. The highest BCUT2D eigenvalue weighted by atomic mass is 15.0. The van der Waals surface area contributed by atoms with E-state index in [0.29, 0.717) is 17.5 Å². The Morgan fingerprint density at radius 3 is 1.43 bits per heavy atom. The van der Waals surface area contributed by atoms with Crippen LogP contribution in [0.3, 0.4) is 0 Å². The van der Waals surface area contributed by atoms with Crippen LogP contribution in [0.15, 0.2) is 200 Å². The molecule has 0 N–H and O–H groups in total. The third-order valence-electron chi connectivity index (χ3n) is 11.5. The summed E-state index contributed by atoms with van der Waals surface area (Å²) in [7, 11) is 0. The Morgan fingerprint density at radius 1 is 0.293 bits per heavy atom. The second kappa shape index (κ2) is 12.8. The molecule has 0 fully saturated rings. The third kappa shape index (κ3) is 4.93. The van der Waals surface area contributed by atoms with Crippen molar-refractivity contribution in [2.45, 2.75) is 0 Å². The first-order valence-corrected chi connectivity index (χ1v) is 19.6. The normalized spacial score (nSPS) is 11.8. The number of rotatable bonds is 5. The highest BCUT2D eigenvalue weighted by molar-refractivity contribution is 6.22. The molecule has 58 heavy (non-hydrogen) atoms. The Hall–Kier alpha value is -7.89. The largest absolute Gasteiger partial charge is 0.309 e. The molecule has 0 atom stereocenters. The molecule has 0 radical (unpaired) electrons. The summed E-state index contributed by atoms with van der Waals surface area (Å²) in [6.07, 6.45) is 0. The lowest BCUT2D eigenvalue weighted by atomic mass is 10.0. The predicted octanol–water partition coefficient (Wildman–Crippen LogP) is 13.4. The van der Waals surface area contributed by atoms with E-state index in [1.165, 1.54) is 49.0 Å². The molecule has 270 valence electrons. The molecule has 3 aromatic heterocycles. The molecule has 0 unspecified atom stereocenters. The van der Waals surface area contributed by atoms with Crippen LogP contribution >= 0.6 is 0 Å². The Labute approximate surface area is 333 Å². The fourth-order valence-corrected chi connectivity index (χ4v) is 8.95.